The van der Waals surface area contributed by atoms with E-state index in [4.69, 9.17) is 9.47 Å². The van der Waals surface area contributed by atoms with E-state index in [0.29, 0.717) is 31.5 Å². The average molecular weight is 216 g/mol. The van der Waals surface area contributed by atoms with Gasteiger partial charge in [0.15, 0.2) is 0 Å². The minimum atomic E-state index is -0.167. The Morgan fingerprint density at radius 1 is 1.20 bits per heavy atom. The van der Waals surface area contributed by atoms with Crippen molar-refractivity contribution in [3.05, 3.63) is 0 Å². The molecule has 0 fully saturated rings. The number of carbonyl (C=O) groups is 1. The Morgan fingerprint density at radius 3 is 2.20 bits per heavy atom. The monoisotopic (exact) mass is 216 g/mol. The first-order valence-corrected chi connectivity index (χ1v) is 5.74. The van der Waals surface area contributed by atoms with E-state index in [1.807, 2.05) is 6.92 Å². The molecule has 0 spiro atoms. The number of hydrogen-bond acceptors (Lipinski definition) is 3. The molecule has 0 aliphatic rings. The molecule has 3 nitrogen and oxygen atoms in total. The van der Waals surface area contributed by atoms with Crippen molar-refractivity contribution in [2.24, 2.45) is 11.8 Å². The Morgan fingerprint density at radius 2 is 1.80 bits per heavy atom. The summed E-state index contributed by atoms with van der Waals surface area (Å²) in [5.74, 6) is 0.668. The third-order valence-electron chi connectivity index (χ3n) is 2.06. The van der Waals surface area contributed by atoms with E-state index >= 15 is 0 Å². The molecule has 0 rings (SSSR count). The van der Waals surface area contributed by atoms with Crippen LogP contribution in [0, 0.1) is 11.8 Å². The molecular formula is C12H24O3. The molecule has 0 aliphatic carbocycles. The molecule has 0 heterocycles. The van der Waals surface area contributed by atoms with E-state index in [1.165, 1.54) is 0 Å². The van der Waals surface area contributed by atoms with Crippen LogP contribution in [0.5, 0.6) is 0 Å². The summed E-state index contributed by atoms with van der Waals surface area (Å²) in [6, 6.07) is 0. The molecule has 0 radical (unpaired) electrons. The summed E-state index contributed by atoms with van der Waals surface area (Å²) in [5, 5.41) is 0. The van der Waals surface area contributed by atoms with Crippen molar-refractivity contribution >= 4 is 5.97 Å². The first-order chi connectivity index (χ1) is 6.97. The normalized spacial score (nSPS) is 13.3. The Kier molecular flexibility index (Phi) is 7.39. The standard InChI is InChI=1S/C12H24O3/c1-6-14-12(13)7-11(10(4)5)15-8-9(2)3/h9-11H,6-8H2,1-5H3. The lowest BCUT2D eigenvalue weighted by Gasteiger charge is -2.21. The Labute approximate surface area is 93.1 Å². The second kappa shape index (κ2) is 7.69. The number of carbonyl (C=O) groups excluding carboxylic acids is 1. The Hall–Kier alpha value is -0.570. The van der Waals surface area contributed by atoms with Gasteiger partial charge in [-0.05, 0) is 18.8 Å². The highest BCUT2D eigenvalue weighted by Gasteiger charge is 2.19. The van der Waals surface area contributed by atoms with Crippen LogP contribution in [0.1, 0.15) is 41.0 Å². The molecule has 0 aromatic rings. The number of esters is 1. The Balaban J connectivity index is 3.98. The maximum absolute atomic E-state index is 11.3. The van der Waals surface area contributed by atoms with Gasteiger partial charge in [0.2, 0.25) is 0 Å². The zero-order chi connectivity index (χ0) is 11.8. The summed E-state index contributed by atoms with van der Waals surface area (Å²) >= 11 is 0. The molecular weight excluding hydrogens is 192 g/mol. The fraction of sp³-hybridized carbons (Fsp3) is 0.917. The SMILES string of the molecule is CCOC(=O)CC(OCC(C)C)C(C)C. The van der Waals surface area contributed by atoms with Crippen LogP contribution >= 0.6 is 0 Å². The van der Waals surface area contributed by atoms with Gasteiger partial charge in [0, 0.05) is 6.61 Å². The summed E-state index contributed by atoms with van der Waals surface area (Å²) in [6.07, 6.45) is 0.338. The van der Waals surface area contributed by atoms with Crippen LogP contribution in [0.15, 0.2) is 0 Å². The zero-order valence-electron chi connectivity index (χ0n) is 10.6. The predicted octanol–water partition coefficient (Wildman–Crippen LogP) is 2.64. The molecule has 1 unspecified atom stereocenters. The summed E-state index contributed by atoms with van der Waals surface area (Å²) in [6.45, 7) is 11.3. The first-order valence-electron chi connectivity index (χ1n) is 5.74. The van der Waals surface area contributed by atoms with Gasteiger partial charge in [-0.25, -0.2) is 0 Å². The van der Waals surface area contributed by atoms with Gasteiger partial charge in [-0.15, -0.1) is 0 Å². The number of hydrogen-bond donors (Lipinski definition) is 0. The van der Waals surface area contributed by atoms with Crippen LogP contribution in [-0.2, 0) is 14.3 Å². The van der Waals surface area contributed by atoms with E-state index in [1.54, 1.807) is 0 Å². The van der Waals surface area contributed by atoms with Gasteiger partial charge in [-0.1, -0.05) is 27.7 Å². The van der Waals surface area contributed by atoms with Crippen molar-refractivity contribution in [2.45, 2.75) is 47.1 Å². The molecule has 0 bridgehead atoms. The van der Waals surface area contributed by atoms with Crippen molar-refractivity contribution in [1.29, 1.82) is 0 Å². The predicted molar refractivity (Wildman–Crippen MR) is 60.7 cm³/mol. The topological polar surface area (TPSA) is 35.5 Å². The number of ether oxygens (including phenoxy) is 2. The molecule has 3 heteroatoms. The van der Waals surface area contributed by atoms with Crippen molar-refractivity contribution in [2.75, 3.05) is 13.2 Å². The third kappa shape index (κ3) is 7.37. The van der Waals surface area contributed by atoms with Gasteiger partial charge >= 0.3 is 5.97 Å². The zero-order valence-corrected chi connectivity index (χ0v) is 10.6. The fourth-order valence-electron chi connectivity index (χ4n) is 1.19. The second-order valence-electron chi connectivity index (χ2n) is 4.52. The molecule has 90 valence electrons. The van der Waals surface area contributed by atoms with Crippen molar-refractivity contribution in [1.82, 2.24) is 0 Å². The van der Waals surface area contributed by atoms with Gasteiger partial charge in [-0.2, -0.15) is 0 Å². The Bertz CT molecular complexity index is 176. The van der Waals surface area contributed by atoms with Crippen LogP contribution < -0.4 is 0 Å². The summed E-state index contributed by atoms with van der Waals surface area (Å²) in [4.78, 5) is 11.3. The van der Waals surface area contributed by atoms with E-state index in [-0.39, 0.29) is 12.1 Å². The molecule has 0 aromatic carbocycles. The van der Waals surface area contributed by atoms with E-state index < -0.39 is 0 Å². The maximum atomic E-state index is 11.3. The van der Waals surface area contributed by atoms with E-state index in [2.05, 4.69) is 27.7 Å². The third-order valence-corrected chi connectivity index (χ3v) is 2.06. The van der Waals surface area contributed by atoms with Gasteiger partial charge in [0.05, 0.1) is 19.1 Å². The summed E-state index contributed by atoms with van der Waals surface area (Å²) < 4.78 is 10.6. The first kappa shape index (κ1) is 14.4. The van der Waals surface area contributed by atoms with Crippen LogP contribution in [0.3, 0.4) is 0 Å². The maximum Gasteiger partial charge on any atom is 0.308 e. The lowest BCUT2D eigenvalue weighted by molar-refractivity contribution is -0.147. The fourth-order valence-corrected chi connectivity index (χ4v) is 1.19. The molecule has 0 saturated carbocycles. The summed E-state index contributed by atoms with van der Waals surface area (Å²) in [7, 11) is 0. The highest BCUT2D eigenvalue weighted by atomic mass is 16.5. The highest BCUT2D eigenvalue weighted by molar-refractivity contribution is 5.69. The van der Waals surface area contributed by atoms with Crippen molar-refractivity contribution in [3.8, 4) is 0 Å². The molecule has 0 saturated heterocycles. The lowest BCUT2D eigenvalue weighted by atomic mass is 10.0. The summed E-state index contributed by atoms with van der Waals surface area (Å²) in [5.41, 5.74) is 0. The molecule has 15 heavy (non-hydrogen) atoms. The molecule has 0 aromatic heterocycles. The van der Waals surface area contributed by atoms with Crippen molar-refractivity contribution < 1.29 is 14.3 Å². The molecule has 0 aliphatic heterocycles. The molecule has 1 atom stereocenters. The van der Waals surface area contributed by atoms with Crippen molar-refractivity contribution in [3.63, 3.8) is 0 Å². The smallest absolute Gasteiger partial charge is 0.308 e. The van der Waals surface area contributed by atoms with Gasteiger partial charge in [0.25, 0.3) is 0 Å². The van der Waals surface area contributed by atoms with Crippen LogP contribution in [-0.4, -0.2) is 25.3 Å². The minimum Gasteiger partial charge on any atom is -0.466 e. The minimum absolute atomic E-state index is 0.0218. The highest BCUT2D eigenvalue weighted by Crippen LogP contribution is 2.13. The lowest BCUT2D eigenvalue weighted by Crippen LogP contribution is -2.26. The largest absolute Gasteiger partial charge is 0.466 e. The average Bonchev–Trinajstić information content (AvgIpc) is 2.11. The van der Waals surface area contributed by atoms with Crippen LogP contribution in [0.2, 0.25) is 0 Å². The molecule has 0 amide bonds. The van der Waals surface area contributed by atoms with Crippen LogP contribution in [0.4, 0.5) is 0 Å². The van der Waals surface area contributed by atoms with Gasteiger partial charge in [-0.3, -0.25) is 4.79 Å². The number of rotatable bonds is 7. The van der Waals surface area contributed by atoms with E-state index in [0.717, 1.165) is 0 Å². The quantitative estimate of drug-likeness (QED) is 0.614. The van der Waals surface area contributed by atoms with E-state index in [9.17, 15) is 4.79 Å². The second-order valence-corrected chi connectivity index (χ2v) is 4.52. The van der Waals surface area contributed by atoms with Crippen LogP contribution in [0.25, 0.3) is 0 Å². The molecule has 0 N–H and O–H groups in total. The van der Waals surface area contributed by atoms with Gasteiger partial charge < -0.3 is 9.47 Å². The van der Waals surface area contributed by atoms with Gasteiger partial charge in [0.1, 0.15) is 0 Å².